The zero-order valence-electron chi connectivity index (χ0n) is 8.72. The third-order valence-electron chi connectivity index (χ3n) is 2.85. The van der Waals surface area contributed by atoms with Gasteiger partial charge in [-0.3, -0.25) is 4.79 Å². The number of halogens is 1. The lowest BCUT2D eigenvalue weighted by Crippen LogP contribution is -2.35. The molecule has 0 aliphatic carbocycles. The summed E-state index contributed by atoms with van der Waals surface area (Å²) < 4.78 is 13.0. The number of fused-ring (bicyclic) bond motifs is 1. The number of hydrogen-bond donors (Lipinski definition) is 1. The largest absolute Gasteiger partial charge is 0.351 e. The number of carbonyl (C=O) groups excluding carboxylic acids is 1. The molecule has 1 aliphatic rings. The predicted molar refractivity (Wildman–Crippen MR) is 56.4 cm³/mol. The van der Waals surface area contributed by atoms with E-state index in [0.29, 0.717) is 18.0 Å². The summed E-state index contributed by atoms with van der Waals surface area (Å²) in [6, 6.07) is 4.50. The second-order valence-electron chi connectivity index (χ2n) is 3.93. The van der Waals surface area contributed by atoms with Crippen molar-refractivity contribution in [2.75, 3.05) is 6.54 Å². The highest BCUT2D eigenvalue weighted by molar-refractivity contribution is 5.97. The summed E-state index contributed by atoms with van der Waals surface area (Å²) in [6.07, 6.45) is 2.09. The molecule has 0 spiro atoms. The van der Waals surface area contributed by atoms with Crippen LogP contribution in [-0.2, 0) is 0 Å². The minimum absolute atomic E-state index is 0.156. The molecule has 1 atom stereocenters. The SMILES string of the molecule is CCCC1CNC(=O)c2cc(F)ccc21. The number of nitrogens with one attached hydrogen (secondary N) is 1. The van der Waals surface area contributed by atoms with Crippen LogP contribution < -0.4 is 5.32 Å². The normalized spacial score (nSPS) is 19.6. The first-order chi connectivity index (χ1) is 7.22. The van der Waals surface area contributed by atoms with Crippen LogP contribution in [0.3, 0.4) is 0 Å². The first-order valence-corrected chi connectivity index (χ1v) is 5.30. The summed E-state index contributed by atoms with van der Waals surface area (Å²) in [6.45, 7) is 2.78. The van der Waals surface area contributed by atoms with Gasteiger partial charge in [0.1, 0.15) is 5.82 Å². The van der Waals surface area contributed by atoms with Crippen molar-refractivity contribution in [3.05, 3.63) is 35.1 Å². The lowest BCUT2D eigenvalue weighted by molar-refractivity contribution is 0.0938. The van der Waals surface area contributed by atoms with E-state index in [0.717, 1.165) is 18.4 Å². The van der Waals surface area contributed by atoms with Gasteiger partial charge < -0.3 is 5.32 Å². The quantitative estimate of drug-likeness (QED) is 0.793. The maximum absolute atomic E-state index is 13.0. The number of benzene rings is 1. The number of amides is 1. The molecule has 3 heteroatoms. The summed E-state index contributed by atoms with van der Waals surface area (Å²) in [5.41, 5.74) is 1.49. The standard InChI is InChI=1S/C12H14FNO/c1-2-3-8-7-14-12(15)11-6-9(13)4-5-10(8)11/h4-6,8H,2-3,7H2,1H3,(H,14,15). The van der Waals surface area contributed by atoms with Gasteiger partial charge in [0, 0.05) is 18.0 Å². The van der Waals surface area contributed by atoms with Gasteiger partial charge >= 0.3 is 0 Å². The molecule has 0 fully saturated rings. The smallest absolute Gasteiger partial charge is 0.251 e. The van der Waals surface area contributed by atoms with E-state index in [1.54, 1.807) is 6.07 Å². The van der Waals surface area contributed by atoms with Gasteiger partial charge in [0.2, 0.25) is 0 Å². The van der Waals surface area contributed by atoms with Crippen molar-refractivity contribution >= 4 is 5.91 Å². The number of hydrogen-bond acceptors (Lipinski definition) is 1. The van der Waals surface area contributed by atoms with Crippen LogP contribution in [0.25, 0.3) is 0 Å². The predicted octanol–water partition coefficient (Wildman–Crippen LogP) is 2.45. The van der Waals surface area contributed by atoms with Crippen LogP contribution in [0.2, 0.25) is 0 Å². The van der Waals surface area contributed by atoms with Gasteiger partial charge in [0.05, 0.1) is 0 Å². The molecule has 0 saturated heterocycles. The second kappa shape index (κ2) is 4.01. The Labute approximate surface area is 88.5 Å². The number of carbonyl (C=O) groups is 1. The molecular formula is C12H14FNO. The van der Waals surface area contributed by atoms with E-state index in [1.807, 2.05) is 0 Å². The average molecular weight is 207 g/mol. The highest BCUT2D eigenvalue weighted by Gasteiger charge is 2.24. The molecule has 1 heterocycles. The lowest BCUT2D eigenvalue weighted by Gasteiger charge is -2.25. The third kappa shape index (κ3) is 1.87. The van der Waals surface area contributed by atoms with Crippen LogP contribution in [0.5, 0.6) is 0 Å². The van der Waals surface area contributed by atoms with Crippen molar-refractivity contribution in [3.63, 3.8) is 0 Å². The van der Waals surface area contributed by atoms with E-state index in [4.69, 9.17) is 0 Å². The first-order valence-electron chi connectivity index (χ1n) is 5.30. The van der Waals surface area contributed by atoms with Gasteiger partial charge in [0.15, 0.2) is 0 Å². The van der Waals surface area contributed by atoms with Gasteiger partial charge in [-0.25, -0.2) is 4.39 Å². The molecule has 1 aromatic carbocycles. The Morgan fingerprint density at radius 3 is 3.07 bits per heavy atom. The van der Waals surface area contributed by atoms with Crippen molar-refractivity contribution < 1.29 is 9.18 Å². The number of rotatable bonds is 2. The minimum atomic E-state index is -0.346. The molecule has 0 radical (unpaired) electrons. The Hall–Kier alpha value is -1.38. The molecule has 1 unspecified atom stereocenters. The highest BCUT2D eigenvalue weighted by Crippen LogP contribution is 2.27. The highest BCUT2D eigenvalue weighted by atomic mass is 19.1. The van der Waals surface area contributed by atoms with Crippen molar-refractivity contribution in [2.24, 2.45) is 0 Å². The molecule has 2 nitrogen and oxygen atoms in total. The van der Waals surface area contributed by atoms with Crippen LogP contribution in [0.1, 0.15) is 41.6 Å². The summed E-state index contributed by atoms with van der Waals surface area (Å²) in [7, 11) is 0. The Morgan fingerprint density at radius 1 is 1.53 bits per heavy atom. The van der Waals surface area contributed by atoms with E-state index >= 15 is 0 Å². The molecule has 0 saturated carbocycles. The van der Waals surface area contributed by atoms with E-state index < -0.39 is 0 Å². The monoisotopic (exact) mass is 207 g/mol. The maximum Gasteiger partial charge on any atom is 0.251 e. The Balaban J connectivity index is 2.41. The van der Waals surface area contributed by atoms with Gasteiger partial charge in [0.25, 0.3) is 5.91 Å². The van der Waals surface area contributed by atoms with Crippen LogP contribution in [-0.4, -0.2) is 12.5 Å². The Morgan fingerprint density at radius 2 is 2.33 bits per heavy atom. The minimum Gasteiger partial charge on any atom is -0.351 e. The molecule has 0 aromatic heterocycles. The molecule has 15 heavy (non-hydrogen) atoms. The van der Waals surface area contributed by atoms with E-state index in [1.165, 1.54) is 12.1 Å². The van der Waals surface area contributed by atoms with Gasteiger partial charge in [-0.1, -0.05) is 19.4 Å². The van der Waals surface area contributed by atoms with Gasteiger partial charge in [-0.05, 0) is 24.1 Å². The Kier molecular flexibility index (Phi) is 2.71. The van der Waals surface area contributed by atoms with Crippen LogP contribution in [0, 0.1) is 5.82 Å². The fraction of sp³-hybridized carbons (Fsp3) is 0.417. The second-order valence-corrected chi connectivity index (χ2v) is 3.93. The Bertz CT molecular complexity index is 389. The zero-order valence-corrected chi connectivity index (χ0v) is 8.72. The van der Waals surface area contributed by atoms with Crippen molar-refractivity contribution in [1.29, 1.82) is 0 Å². The molecule has 1 aromatic rings. The average Bonchev–Trinajstić information content (AvgIpc) is 2.23. The fourth-order valence-electron chi connectivity index (χ4n) is 2.11. The van der Waals surface area contributed by atoms with Gasteiger partial charge in [-0.2, -0.15) is 0 Å². The van der Waals surface area contributed by atoms with Gasteiger partial charge in [-0.15, -0.1) is 0 Å². The topological polar surface area (TPSA) is 29.1 Å². The molecule has 1 N–H and O–H groups in total. The van der Waals surface area contributed by atoms with E-state index in [2.05, 4.69) is 12.2 Å². The van der Waals surface area contributed by atoms with Crippen molar-refractivity contribution in [3.8, 4) is 0 Å². The lowest BCUT2D eigenvalue weighted by atomic mass is 9.87. The zero-order chi connectivity index (χ0) is 10.8. The van der Waals surface area contributed by atoms with Crippen molar-refractivity contribution in [1.82, 2.24) is 5.32 Å². The van der Waals surface area contributed by atoms with Crippen LogP contribution in [0.15, 0.2) is 18.2 Å². The van der Waals surface area contributed by atoms with Crippen LogP contribution >= 0.6 is 0 Å². The third-order valence-corrected chi connectivity index (χ3v) is 2.85. The summed E-state index contributed by atoms with van der Waals surface area (Å²) in [5, 5.41) is 2.79. The molecule has 1 amide bonds. The first kappa shape index (κ1) is 10.1. The summed E-state index contributed by atoms with van der Waals surface area (Å²) >= 11 is 0. The molecule has 1 aliphatic heterocycles. The molecule has 0 bridgehead atoms. The molecule has 80 valence electrons. The fourth-order valence-corrected chi connectivity index (χ4v) is 2.11. The van der Waals surface area contributed by atoms with E-state index in [-0.39, 0.29) is 11.7 Å². The molecule has 2 rings (SSSR count). The van der Waals surface area contributed by atoms with E-state index in [9.17, 15) is 9.18 Å². The molecular weight excluding hydrogens is 193 g/mol. The van der Waals surface area contributed by atoms with Crippen molar-refractivity contribution in [2.45, 2.75) is 25.7 Å². The summed E-state index contributed by atoms with van der Waals surface area (Å²) in [4.78, 5) is 11.5. The van der Waals surface area contributed by atoms with Crippen LogP contribution in [0.4, 0.5) is 4.39 Å². The summed E-state index contributed by atoms with van der Waals surface area (Å²) in [5.74, 6) is -0.166. The maximum atomic E-state index is 13.0.